The predicted molar refractivity (Wildman–Crippen MR) is 104 cm³/mol. The van der Waals surface area contributed by atoms with E-state index in [-0.39, 0.29) is 17.5 Å². The van der Waals surface area contributed by atoms with Crippen LogP contribution in [0.4, 0.5) is 0 Å². The number of sulfone groups is 1. The lowest BCUT2D eigenvalue weighted by Crippen LogP contribution is -2.43. The molecule has 0 aromatic heterocycles. The minimum atomic E-state index is -3.10. The summed E-state index contributed by atoms with van der Waals surface area (Å²) in [5.41, 5.74) is 0.651. The molecule has 9 heteroatoms. The number of benzene rings is 1. The molecule has 1 aliphatic heterocycles. The molecule has 0 unspecified atom stereocenters. The van der Waals surface area contributed by atoms with Gasteiger partial charge in [-0.25, -0.2) is 13.2 Å². The van der Waals surface area contributed by atoms with Gasteiger partial charge in [-0.3, -0.25) is 4.79 Å². The highest BCUT2D eigenvalue weighted by molar-refractivity contribution is 7.91. The lowest BCUT2D eigenvalue weighted by molar-refractivity contribution is -0.149. The highest BCUT2D eigenvalue weighted by atomic mass is 32.2. The van der Waals surface area contributed by atoms with Crippen LogP contribution in [-0.2, 0) is 24.2 Å². The molecule has 1 amide bonds. The number of esters is 1. The highest BCUT2D eigenvalue weighted by Gasteiger charge is 2.34. The van der Waals surface area contributed by atoms with Crippen molar-refractivity contribution >= 4 is 27.8 Å². The van der Waals surface area contributed by atoms with Crippen molar-refractivity contribution in [3.63, 3.8) is 0 Å². The number of carbonyl (C=O) groups is 2. The van der Waals surface area contributed by atoms with Crippen LogP contribution >= 0.6 is 0 Å². The standard InChI is InChI=1S/C19H25NO7S/c1-4-20(15-9-10-28(23,24)13-15)18(21)12-27-19(22)8-6-14-5-7-16(25-2)11-17(14)26-3/h5-8,11,15H,4,9-10,12-13H2,1-3H3/b8-6+/t15-/m0/s1. The van der Waals surface area contributed by atoms with Gasteiger partial charge in [0.15, 0.2) is 16.4 Å². The van der Waals surface area contributed by atoms with Gasteiger partial charge in [0.1, 0.15) is 11.5 Å². The van der Waals surface area contributed by atoms with Crippen molar-refractivity contribution in [3.8, 4) is 11.5 Å². The number of hydrogen-bond acceptors (Lipinski definition) is 7. The Balaban J connectivity index is 1.92. The van der Waals surface area contributed by atoms with Crippen molar-refractivity contribution in [2.45, 2.75) is 19.4 Å². The van der Waals surface area contributed by atoms with E-state index in [1.54, 1.807) is 32.2 Å². The molecule has 1 aromatic rings. The van der Waals surface area contributed by atoms with Crippen molar-refractivity contribution in [2.75, 3.05) is 38.9 Å². The molecule has 1 atom stereocenters. The second-order valence-electron chi connectivity index (χ2n) is 6.29. The number of hydrogen-bond donors (Lipinski definition) is 0. The molecule has 0 radical (unpaired) electrons. The van der Waals surface area contributed by atoms with E-state index >= 15 is 0 Å². The van der Waals surface area contributed by atoms with Crippen LogP contribution in [0.15, 0.2) is 24.3 Å². The normalized spacial score (nSPS) is 18.0. The van der Waals surface area contributed by atoms with E-state index in [0.717, 1.165) is 0 Å². The second kappa shape index (κ2) is 9.59. The quantitative estimate of drug-likeness (QED) is 0.469. The fraction of sp³-hybridized carbons (Fsp3) is 0.474. The Morgan fingerprint density at radius 3 is 2.57 bits per heavy atom. The summed E-state index contributed by atoms with van der Waals surface area (Å²) >= 11 is 0. The third-order valence-electron chi connectivity index (χ3n) is 4.49. The van der Waals surface area contributed by atoms with E-state index in [1.165, 1.54) is 24.2 Å². The zero-order valence-corrected chi connectivity index (χ0v) is 17.0. The molecule has 28 heavy (non-hydrogen) atoms. The molecule has 1 aromatic carbocycles. The third kappa shape index (κ3) is 5.72. The summed E-state index contributed by atoms with van der Waals surface area (Å²) in [6.07, 6.45) is 3.13. The maximum Gasteiger partial charge on any atom is 0.331 e. The summed E-state index contributed by atoms with van der Waals surface area (Å²) in [5.74, 6) is 0.0928. The van der Waals surface area contributed by atoms with Crippen LogP contribution in [0, 0.1) is 0 Å². The van der Waals surface area contributed by atoms with Gasteiger partial charge in [-0.2, -0.15) is 0 Å². The van der Waals surface area contributed by atoms with Crippen LogP contribution in [0.2, 0.25) is 0 Å². The molecule has 0 saturated carbocycles. The minimum absolute atomic E-state index is 0.0440. The highest BCUT2D eigenvalue weighted by Crippen LogP contribution is 2.25. The van der Waals surface area contributed by atoms with E-state index in [1.807, 2.05) is 0 Å². The molecule has 0 N–H and O–H groups in total. The second-order valence-corrected chi connectivity index (χ2v) is 8.51. The number of ether oxygens (including phenoxy) is 3. The zero-order valence-electron chi connectivity index (χ0n) is 16.2. The van der Waals surface area contributed by atoms with Crippen molar-refractivity contribution < 1.29 is 32.2 Å². The number of amides is 1. The third-order valence-corrected chi connectivity index (χ3v) is 6.24. The fourth-order valence-electron chi connectivity index (χ4n) is 3.04. The Bertz CT molecular complexity index is 848. The first-order valence-electron chi connectivity index (χ1n) is 8.86. The number of nitrogens with zero attached hydrogens (tertiary/aromatic N) is 1. The van der Waals surface area contributed by atoms with Crippen LogP contribution in [0.3, 0.4) is 0 Å². The molecular weight excluding hydrogens is 386 g/mol. The Labute approximate surface area is 165 Å². The smallest absolute Gasteiger partial charge is 0.331 e. The van der Waals surface area contributed by atoms with Gasteiger partial charge in [0.05, 0.1) is 25.7 Å². The first kappa shape index (κ1) is 21.7. The lowest BCUT2D eigenvalue weighted by atomic mass is 10.2. The van der Waals surface area contributed by atoms with Gasteiger partial charge in [-0.15, -0.1) is 0 Å². The minimum Gasteiger partial charge on any atom is -0.497 e. The Hall–Kier alpha value is -2.55. The zero-order chi connectivity index (χ0) is 20.7. The number of rotatable bonds is 8. The van der Waals surface area contributed by atoms with Crippen molar-refractivity contribution in [2.24, 2.45) is 0 Å². The average molecular weight is 411 g/mol. The molecule has 0 aliphatic carbocycles. The number of likely N-dealkylation sites (N-methyl/N-ethyl adjacent to an activating group) is 1. The van der Waals surface area contributed by atoms with E-state index in [9.17, 15) is 18.0 Å². The number of methoxy groups -OCH3 is 2. The van der Waals surface area contributed by atoms with Crippen LogP contribution in [0.25, 0.3) is 6.08 Å². The molecule has 0 bridgehead atoms. The molecule has 8 nitrogen and oxygen atoms in total. The first-order valence-corrected chi connectivity index (χ1v) is 10.7. The maximum atomic E-state index is 12.3. The summed E-state index contributed by atoms with van der Waals surface area (Å²) < 4.78 is 38.6. The van der Waals surface area contributed by atoms with Crippen LogP contribution in [-0.4, -0.2) is 70.1 Å². The monoisotopic (exact) mass is 411 g/mol. The molecule has 1 saturated heterocycles. The largest absolute Gasteiger partial charge is 0.497 e. The first-order chi connectivity index (χ1) is 13.3. The van der Waals surface area contributed by atoms with Gasteiger partial charge >= 0.3 is 5.97 Å². The SMILES string of the molecule is CCN(C(=O)COC(=O)/C=C/c1ccc(OC)cc1OC)[C@H]1CCS(=O)(=O)C1. The van der Waals surface area contributed by atoms with Crippen LogP contribution in [0.1, 0.15) is 18.9 Å². The van der Waals surface area contributed by atoms with Gasteiger partial charge in [0.2, 0.25) is 0 Å². The topological polar surface area (TPSA) is 99.2 Å². The van der Waals surface area contributed by atoms with Crippen LogP contribution < -0.4 is 9.47 Å². The molecule has 1 fully saturated rings. The Morgan fingerprint density at radius 1 is 1.25 bits per heavy atom. The molecule has 154 valence electrons. The summed E-state index contributed by atoms with van der Waals surface area (Å²) in [6.45, 7) is 1.68. The van der Waals surface area contributed by atoms with E-state index < -0.39 is 28.3 Å². The van der Waals surface area contributed by atoms with Crippen molar-refractivity contribution in [1.29, 1.82) is 0 Å². The summed E-state index contributed by atoms with van der Waals surface area (Å²) in [7, 11) is -0.0534. The Morgan fingerprint density at radius 2 is 2.00 bits per heavy atom. The van der Waals surface area contributed by atoms with E-state index in [4.69, 9.17) is 14.2 Å². The summed E-state index contributed by atoms with van der Waals surface area (Å²) in [6, 6.07) is 4.78. The summed E-state index contributed by atoms with van der Waals surface area (Å²) in [5, 5.41) is 0. The van der Waals surface area contributed by atoms with Gasteiger partial charge in [-0.05, 0) is 31.6 Å². The van der Waals surface area contributed by atoms with Crippen molar-refractivity contribution in [3.05, 3.63) is 29.8 Å². The van der Waals surface area contributed by atoms with E-state index in [0.29, 0.717) is 30.0 Å². The average Bonchev–Trinajstić information content (AvgIpc) is 3.04. The molecule has 0 spiro atoms. The maximum absolute atomic E-state index is 12.3. The summed E-state index contributed by atoms with van der Waals surface area (Å²) in [4.78, 5) is 25.7. The predicted octanol–water partition coefficient (Wildman–Crippen LogP) is 1.30. The molecular formula is C19H25NO7S. The van der Waals surface area contributed by atoms with Gasteiger partial charge in [-0.1, -0.05) is 0 Å². The van der Waals surface area contributed by atoms with Crippen LogP contribution in [0.5, 0.6) is 11.5 Å². The van der Waals surface area contributed by atoms with Gasteiger partial charge in [0.25, 0.3) is 5.91 Å². The molecule has 2 rings (SSSR count). The number of carbonyl (C=O) groups excluding carboxylic acids is 2. The van der Waals surface area contributed by atoms with Crippen molar-refractivity contribution in [1.82, 2.24) is 4.90 Å². The fourth-order valence-corrected chi connectivity index (χ4v) is 4.77. The van der Waals surface area contributed by atoms with Gasteiger partial charge in [0, 0.05) is 30.3 Å². The molecule has 1 aliphatic rings. The lowest BCUT2D eigenvalue weighted by Gasteiger charge is -2.26. The molecule has 1 heterocycles. The Kier molecular flexibility index (Phi) is 7.45. The van der Waals surface area contributed by atoms with Gasteiger partial charge < -0.3 is 19.1 Å². The van der Waals surface area contributed by atoms with E-state index in [2.05, 4.69) is 0 Å².